The van der Waals surface area contributed by atoms with Crippen LogP contribution in [0.25, 0.3) is 10.4 Å². The third kappa shape index (κ3) is 8.05. The molecule has 0 aromatic carbocycles. The summed E-state index contributed by atoms with van der Waals surface area (Å²) in [5, 5.41) is 13.9. The van der Waals surface area contributed by atoms with E-state index >= 15 is 0 Å². The summed E-state index contributed by atoms with van der Waals surface area (Å²) in [7, 11) is -3.59. The van der Waals surface area contributed by atoms with Crippen LogP contribution in [0.4, 0.5) is 0 Å². The Bertz CT molecular complexity index is 615. The maximum atomic E-state index is 14.1. The lowest BCUT2D eigenvalue weighted by Crippen LogP contribution is -2.37. The van der Waals surface area contributed by atoms with Crippen LogP contribution in [0.1, 0.15) is 80.1 Å². The van der Waals surface area contributed by atoms with Crippen LogP contribution >= 0.6 is 7.60 Å². The van der Waals surface area contributed by atoms with Gasteiger partial charge in [-0.25, -0.2) is 0 Å². The zero-order chi connectivity index (χ0) is 23.2. The van der Waals surface area contributed by atoms with Crippen molar-refractivity contribution in [1.82, 2.24) is 0 Å². The first-order valence-corrected chi connectivity index (χ1v) is 13.9. The molecular formula is C23H44N3O4P. The van der Waals surface area contributed by atoms with Crippen LogP contribution in [0.3, 0.4) is 0 Å². The minimum Gasteiger partial charge on any atom is -0.392 e. The Morgan fingerprint density at radius 1 is 0.968 bits per heavy atom. The Morgan fingerprint density at radius 3 is 1.81 bits per heavy atom. The molecule has 0 aliphatic heterocycles. The lowest BCUT2D eigenvalue weighted by molar-refractivity contribution is -0.00558. The van der Waals surface area contributed by atoms with Crippen LogP contribution in [-0.4, -0.2) is 36.1 Å². The molecule has 0 unspecified atom stereocenters. The molecule has 2 saturated carbocycles. The van der Waals surface area contributed by atoms with Crippen molar-refractivity contribution in [2.45, 2.75) is 98.4 Å². The molecule has 8 heteroatoms. The number of hydrogen-bond donors (Lipinski definition) is 1. The number of rotatable bonds is 10. The van der Waals surface area contributed by atoms with Gasteiger partial charge in [-0.1, -0.05) is 59.5 Å². The smallest absolute Gasteiger partial charge is 0.333 e. The number of azide groups is 1. The molecule has 2 fully saturated rings. The highest BCUT2D eigenvalue weighted by atomic mass is 31.2. The predicted molar refractivity (Wildman–Crippen MR) is 125 cm³/mol. The molecular weight excluding hydrogens is 413 g/mol. The minimum absolute atomic E-state index is 0.128. The Labute approximate surface area is 188 Å². The summed E-state index contributed by atoms with van der Waals surface area (Å²) in [4.78, 5) is 2.72. The van der Waals surface area contributed by atoms with E-state index in [-0.39, 0.29) is 24.9 Å². The third-order valence-electron chi connectivity index (χ3n) is 7.30. The van der Waals surface area contributed by atoms with Crippen LogP contribution < -0.4 is 0 Å². The lowest BCUT2D eigenvalue weighted by atomic mass is 9.75. The van der Waals surface area contributed by atoms with Crippen LogP contribution in [0.5, 0.6) is 0 Å². The van der Waals surface area contributed by atoms with Crippen molar-refractivity contribution in [3.05, 3.63) is 10.4 Å². The molecule has 2 aliphatic rings. The fraction of sp³-hybridized carbons (Fsp3) is 1.00. The zero-order valence-corrected chi connectivity index (χ0v) is 21.2. The monoisotopic (exact) mass is 457 g/mol. The van der Waals surface area contributed by atoms with Crippen LogP contribution in [0, 0.1) is 35.5 Å². The molecule has 0 bridgehead atoms. The number of aliphatic hydroxyl groups excluding tert-OH is 1. The van der Waals surface area contributed by atoms with Gasteiger partial charge in [-0.3, -0.25) is 4.57 Å². The zero-order valence-electron chi connectivity index (χ0n) is 20.3. The summed E-state index contributed by atoms with van der Waals surface area (Å²) >= 11 is 0. The molecule has 0 saturated heterocycles. The molecule has 7 atom stereocenters. The van der Waals surface area contributed by atoms with Gasteiger partial charge in [0.15, 0.2) is 0 Å². The molecule has 0 heterocycles. The van der Waals surface area contributed by atoms with E-state index in [0.29, 0.717) is 35.5 Å². The molecule has 180 valence electrons. The highest BCUT2D eigenvalue weighted by molar-refractivity contribution is 7.53. The SMILES string of the molecule is CC(C)[C@@H]1CC[C@@H](C)C[C@H]1OP(=O)(C[C@H](O)CN=[N+]=[N-])O[C@@H]1C[C@H](C)CC[C@H]1C(C)C. The summed E-state index contributed by atoms with van der Waals surface area (Å²) in [6.45, 7) is 13.1. The largest absolute Gasteiger partial charge is 0.392 e. The summed E-state index contributed by atoms with van der Waals surface area (Å²) in [5.74, 6) is 2.54. The molecule has 0 spiro atoms. The Hall–Kier alpha value is -0.580. The standard InChI is InChI=1S/C23H44N3O4P/c1-15(2)20-9-7-17(5)11-22(20)29-31(28,14-19(27)13-25-26-24)30-23-12-18(6)8-10-21(23)16(3)4/h15-23,27H,7-14H2,1-6H3/t17-,18-,19-,20+,21+,22-,23-/m1/s1. The molecule has 2 aliphatic carbocycles. The molecule has 31 heavy (non-hydrogen) atoms. The van der Waals surface area contributed by atoms with Gasteiger partial charge in [0.05, 0.1) is 31.0 Å². The number of hydrogen-bond acceptors (Lipinski definition) is 5. The topological polar surface area (TPSA) is 105 Å². The Balaban J connectivity index is 2.26. The van der Waals surface area contributed by atoms with Gasteiger partial charge >= 0.3 is 7.60 Å². The van der Waals surface area contributed by atoms with Crippen molar-refractivity contribution >= 4 is 7.60 Å². The second-order valence-electron chi connectivity index (χ2n) is 10.8. The van der Waals surface area contributed by atoms with Gasteiger partial charge in [-0.2, -0.15) is 0 Å². The molecule has 7 nitrogen and oxygen atoms in total. The minimum atomic E-state index is -3.59. The first kappa shape index (κ1) is 26.7. The van der Waals surface area contributed by atoms with E-state index in [1.54, 1.807) is 0 Å². The average Bonchev–Trinajstić information content (AvgIpc) is 2.65. The Morgan fingerprint density at radius 2 is 1.42 bits per heavy atom. The van der Waals surface area contributed by atoms with Crippen LogP contribution in [0.15, 0.2) is 5.11 Å². The van der Waals surface area contributed by atoms with Crippen LogP contribution in [-0.2, 0) is 13.6 Å². The fourth-order valence-electron chi connectivity index (χ4n) is 5.44. The maximum absolute atomic E-state index is 14.1. The Kier molecular flexibility index (Phi) is 10.4. The maximum Gasteiger partial charge on any atom is 0.333 e. The molecule has 0 radical (unpaired) electrons. The predicted octanol–water partition coefficient (Wildman–Crippen LogP) is 6.81. The second-order valence-corrected chi connectivity index (χ2v) is 12.8. The summed E-state index contributed by atoms with van der Waals surface area (Å²) in [6.07, 6.45) is 4.69. The molecule has 0 aromatic rings. The van der Waals surface area contributed by atoms with Gasteiger partial charge in [0.25, 0.3) is 0 Å². The van der Waals surface area contributed by atoms with Gasteiger partial charge < -0.3 is 14.2 Å². The van der Waals surface area contributed by atoms with Crippen molar-refractivity contribution in [3.63, 3.8) is 0 Å². The van der Waals surface area contributed by atoms with E-state index in [4.69, 9.17) is 14.6 Å². The van der Waals surface area contributed by atoms with Gasteiger partial charge in [0, 0.05) is 4.91 Å². The highest BCUT2D eigenvalue weighted by Gasteiger charge is 2.42. The van der Waals surface area contributed by atoms with E-state index in [9.17, 15) is 9.67 Å². The van der Waals surface area contributed by atoms with Gasteiger partial charge in [0.2, 0.25) is 0 Å². The summed E-state index contributed by atoms with van der Waals surface area (Å²) in [5.41, 5.74) is 8.60. The van der Waals surface area contributed by atoms with Gasteiger partial charge in [0.1, 0.15) is 0 Å². The normalized spacial score (nSPS) is 33.3. The van der Waals surface area contributed by atoms with E-state index < -0.39 is 13.7 Å². The van der Waals surface area contributed by atoms with Crippen molar-refractivity contribution < 1.29 is 18.7 Å². The van der Waals surface area contributed by atoms with Gasteiger partial charge in [-0.05, 0) is 66.7 Å². The van der Waals surface area contributed by atoms with Crippen molar-refractivity contribution in [2.75, 3.05) is 12.7 Å². The third-order valence-corrected chi connectivity index (χ3v) is 9.36. The second kappa shape index (κ2) is 12.0. The summed E-state index contributed by atoms with van der Waals surface area (Å²) < 4.78 is 26.9. The first-order chi connectivity index (χ1) is 14.5. The van der Waals surface area contributed by atoms with E-state index in [0.717, 1.165) is 38.5 Å². The lowest BCUT2D eigenvalue weighted by Gasteiger charge is -2.42. The van der Waals surface area contributed by atoms with Crippen LogP contribution in [0.2, 0.25) is 0 Å². The van der Waals surface area contributed by atoms with E-state index in [1.807, 2.05) is 0 Å². The highest BCUT2D eigenvalue weighted by Crippen LogP contribution is 2.56. The van der Waals surface area contributed by atoms with Crippen molar-refractivity contribution in [1.29, 1.82) is 0 Å². The van der Waals surface area contributed by atoms with E-state index in [2.05, 4.69) is 51.6 Å². The first-order valence-electron chi connectivity index (χ1n) is 12.2. The number of nitrogens with zero attached hydrogens (tertiary/aromatic N) is 3. The molecule has 2 rings (SSSR count). The van der Waals surface area contributed by atoms with E-state index in [1.165, 1.54) is 0 Å². The molecule has 0 aromatic heterocycles. The average molecular weight is 458 g/mol. The fourth-order valence-corrected chi connectivity index (χ4v) is 7.61. The van der Waals surface area contributed by atoms with Crippen molar-refractivity contribution in [2.24, 2.45) is 40.6 Å². The van der Waals surface area contributed by atoms with Crippen molar-refractivity contribution in [3.8, 4) is 0 Å². The van der Waals surface area contributed by atoms with Gasteiger partial charge in [-0.15, -0.1) is 0 Å². The quantitative estimate of drug-likeness (QED) is 0.168. The molecule has 0 amide bonds. The molecule has 1 N–H and O–H groups in total. The number of aliphatic hydroxyl groups is 1. The summed E-state index contributed by atoms with van der Waals surface area (Å²) in [6, 6.07) is 0.